The fourth-order valence-corrected chi connectivity index (χ4v) is 6.23. The molecule has 0 bridgehead atoms. The second-order valence-corrected chi connectivity index (χ2v) is 10.4. The Labute approximate surface area is 172 Å². The van der Waals surface area contributed by atoms with Gasteiger partial charge < -0.3 is 10.2 Å². The van der Waals surface area contributed by atoms with Crippen molar-refractivity contribution in [1.82, 2.24) is 14.5 Å². The average molecular weight is 448 g/mol. The summed E-state index contributed by atoms with van der Waals surface area (Å²) >= 11 is 13.0. The Kier molecular flexibility index (Phi) is 6.32. The second-order valence-electron chi connectivity index (χ2n) is 6.14. The Hall–Kier alpha value is -1.32. The number of sulfonamides is 1. The fourth-order valence-electron chi connectivity index (χ4n) is 2.88. The Morgan fingerprint density at radius 2 is 1.78 bits per heavy atom. The van der Waals surface area contributed by atoms with Crippen molar-refractivity contribution < 1.29 is 13.2 Å². The summed E-state index contributed by atoms with van der Waals surface area (Å²) in [4.78, 5) is 14.1. The third-order valence-corrected chi connectivity index (χ3v) is 8.32. The first kappa shape index (κ1) is 20.4. The molecule has 146 valence electrons. The Morgan fingerprint density at radius 1 is 1.11 bits per heavy atom. The van der Waals surface area contributed by atoms with E-state index in [4.69, 9.17) is 23.2 Å². The summed E-state index contributed by atoms with van der Waals surface area (Å²) in [7, 11) is -3.57. The molecular weight excluding hydrogens is 429 g/mol. The number of piperazine rings is 1. The van der Waals surface area contributed by atoms with Gasteiger partial charge in [0.15, 0.2) is 0 Å². The fraction of sp³-hybridized carbons (Fsp3) is 0.353. The van der Waals surface area contributed by atoms with E-state index in [-0.39, 0.29) is 29.4 Å². The topological polar surface area (TPSA) is 69.7 Å². The van der Waals surface area contributed by atoms with Gasteiger partial charge in [0.1, 0.15) is 4.21 Å². The molecule has 2 aromatic rings. The van der Waals surface area contributed by atoms with Gasteiger partial charge >= 0.3 is 6.03 Å². The number of thiophene rings is 1. The van der Waals surface area contributed by atoms with Crippen LogP contribution in [-0.2, 0) is 10.0 Å². The van der Waals surface area contributed by atoms with Gasteiger partial charge in [-0.05, 0) is 30.7 Å². The first-order valence-corrected chi connectivity index (χ1v) is 11.4. The number of carbonyl (C=O) groups is 1. The van der Waals surface area contributed by atoms with Gasteiger partial charge in [0, 0.05) is 31.2 Å². The minimum Gasteiger partial charge on any atom is -0.331 e. The molecular formula is C17H19Cl2N3O3S2. The highest BCUT2D eigenvalue weighted by Crippen LogP contribution is 2.28. The Bertz CT molecular complexity index is 925. The third kappa shape index (κ3) is 4.57. The standard InChI is InChI=1S/C17H19Cl2N3O3S2/c1-12(13-4-2-3-5-14(13)18)20-17(23)21-8-10-22(11-9-21)27(24,25)16-7-6-15(19)26-16/h2-7,12H,8-11H2,1H3,(H,20,23)/t12-/m1/s1. The summed E-state index contributed by atoms with van der Waals surface area (Å²) in [5, 5.41) is 3.51. The number of nitrogens with zero attached hydrogens (tertiary/aromatic N) is 2. The van der Waals surface area contributed by atoms with E-state index < -0.39 is 10.0 Å². The van der Waals surface area contributed by atoms with E-state index in [1.807, 2.05) is 25.1 Å². The van der Waals surface area contributed by atoms with Crippen LogP contribution >= 0.6 is 34.5 Å². The molecule has 27 heavy (non-hydrogen) atoms. The number of benzene rings is 1. The van der Waals surface area contributed by atoms with Crippen molar-refractivity contribution >= 4 is 50.6 Å². The van der Waals surface area contributed by atoms with Crippen LogP contribution in [0.15, 0.2) is 40.6 Å². The van der Waals surface area contributed by atoms with Crippen molar-refractivity contribution in [3.05, 3.63) is 51.3 Å². The number of halogens is 2. The molecule has 1 atom stereocenters. The molecule has 0 radical (unpaired) electrons. The molecule has 1 N–H and O–H groups in total. The monoisotopic (exact) mass is 447 g/mol. The van der Waals surface area contributed by atoms with Crippen molar-refractivity contribution in [1.29, 1.82) is 0 Å². The largest absolute Gasteiger partial charge is 0.331 e. The van der Waals surface area contributed by atoms with Crippen LogP contribution in [-0.4, -0.2) is 49.8 Å². The number of carbonyl (C=O) groups excluding carboxylic acids is 1. The quantitative estimate of drug-likeness (QED) is 0.773. The maximum Gasteiger partial charge on any atom is 0.317 e. The lowest BCUT2D eigenvalue weighted by Gasteiger charge is -2.34. The normalized spacial score (nSPS) is 16.9. The summed E-state index contributed by atoms with van der Waals surface area (Å²) in [6, 6.07) is 9.93. The summed E-state index contributed by atoms with van der Waals surface area (Å²) in [5.74, 6) is 0. The van der Waals surface area contributed by atoms with Gasteiger partial charge in [0.2, 0.25) is 0 Å². The summed E-state index contributed by atoms with van der Waals surface area (Å²) in [5.41, 5.74) is 0.836. The van der Waals surface area contributed by atoms with Gasteiger partial charge in [-0.3, -0.25) is 0 Å². The minimum atomic E-state index is -3.57. The first-order chi connectivity index (χ1) is 12.8. The highest BCUT2D eigenvalue weighted by molar-refractivity contribution is 7.91. The minimum absolute atomic E-state index is 0.220. The molecule has 10 heteroatoms. The van der Waals surface area contributed by atoms with Crippen LogP contribution in [0.1, 0.15) is 18.5 Å². The van der Waals surface area contributed by atoms with E-state index in [0.29, 0.717) is 22.4 Å². The molecule has 0 spiro atoms. The molecule has 2 heterocycles. The molecule has 0 saturated carbocycles. The lowest BCUT2D eigenvalue weighted by Crippen LogP contribution is -2.53. The molecule has 6 nitrogen and oxygen atoms in total. The third-order valence-electron chi connectivity index (χ3n) is 4.38. The summed E-state index contributed by atoms with van der Waals surface area (Å²) in [6.45, 7) is 2.98. The number of nitrogens with one attached hydrogen (secondary N) is 1. The molecule has 2 amide bonds. The van der Waals surface area contributed by atoms with Gasteiger partial charge in [-0.25, -0.2) is 13.2 Å². The second kappa shape index (κ2) is 8.36. The number of amides is 2. The number of hydrogen-bond acceptors (Lipinski definition) is 4. The zero-order valence-corrected chi connectivity index (χ0v) is 17.7. The van der Waals surface area contributed by atoms with Crippen molar-refractivity contribution in [3.63, 3.8) is 0 Å². The zero-order valence-electron chi connectivity index (χ0n) is 14.6. The van der Waals surface area contributed by atoms with Crippen molar-refractivity contribution in [2.24, 2.45) is 0 Å². The van der Waals surface area contributed by atoms with E-state index in [1.54, 1.807) is 17.0 Å². The molecule has 1 aromatic heterocycles. The zero-order chi connectivity index (χ0) is 19.6. The first-order valence-electron chi connectivity index (χ1n) is 8.34. The number of urea groups is 1. The van der Waals surface area contributed by atoms with Crippen LogP contribution in [0, 0.1) is 0 Å². The Morgan fingerprint density at radius 3 is 2.37 bits per heavy atom. The molecule has 3 rings (SSSR count). The molecule has 1 aromatic carbocycles. The SMILES string of the molecule is C[C@@H](NC(=O)N1CCN(S(=O)(=O)c2ccc(Cl)s2)CC1)c1ccccc1Cl. The van der Waals surface area contributed by atoms with Crippen LogP contribution in [0.5, 0.6) is 0 Å². The summed E-state index contributed by atoms with van der Waals surface area (Å²) < 4.78 is 27.3. The van der Waals surface area contributed by atoms with Crippen LogP contribution in [0.25, 0.3) is 0 Å². The van der Waals surface area contributed by atoms with Crippen molar-refractivity contribution in [2.75, 3.05) is 26.2 Å². The predicted molar refractivity (Wildman–Crippen MR) is 108 cm³/mol. The molecule has 1 aliphatic heterocycles. The van der Waals surface area contributed by atoms with Gasteiger partial charge in [-0.2, -0.15) is 4.31 Å². The predicted octanol–water partition coefficient (Wildman–Crippen LogP) is 3.83. The van der Waals surface area contributed by atoms with Crippen LogP contribution in [0.2, 0.25) is 9.36 Å². The van der Waals surface area contributed by atoms with Gasteiger partial charge in [0.25, 0.3) is 10.0 Å². The molecule has 1 aliphatic rings. The number of hydrogen-bond donors (Lipinski definition) is 1. The van der Waals surface area contributed by atoms with E-state index in [9.17, 15) is 13.2 Å². The summed E-state index contributed by atoms with van der Waals surface area (Å²) in [6.07, 6.45) is 0. The molecule has 1 fully saturated rings. The molecule has 0 aliphatic carbocycles. The average Bonchev–Trinajstić information content (AvgIpc) is 3.09. The van der Waals surface area contributed by atoms with Crippen LogP contribution < -0.4 is 5.32 Å². The van der Waals surface area contributed by atoms with Crippen LogP contribution in [0.3, 0.4) is 0 Å². The van der Waals surface area contributed by atoms with Crippen molar-refractivity contribution in [2.45, 2.75) is 17.2 Å². The van der Waals surface area contributed by atoms with Gasteiger partial charge in [0.05, 0.1) is 10.4 Å². The molecule has 1 saturated heterocycles. The number of rotatable bonds is 4. The highest BCUT2D eigenvalue weighted by atomic mass is 35.5. The smallest absolute Gasteiger partial charge is 0.317 e. The molecule has 0 unspecified atom stereocenters. The van der Waals surface area contributed by atoms with Crippen LogP contribution in [0.4, 0.5) is 4.79 Å². The van der Waals surface area contributed by atoms with E-state index in [0.717, 1.165) is 16.9 Å². The van der Waals surface area contributed by atoms with E-state index in [1.165, 1.54) is 10.4 Å². The van der Waals surface area contributed by atoms with Gasteiger partial charge in [-0.15, -0.1) is 11.3 Å². The van der Waals surface area contributed by atoms with E-state index in [2.05, 4.69) is 5.32 Å². The Balaban J connectivity index is 1.59. The van der Waals surface area contributed by atoms with Gasteiger partial charge in [-0.1, -0.05) is 41.4 Å². The van der Waals surface area contributed by atoms with E-state index >= 15 is 0 Å². The highest BCUT2D eigenvalue weighted by Gasteiger charge is 2.31. The van der Waals surface area contributed by atoms with Crippen molar-refractivity contribution in [3.8, 4) is 0 Å². The lowest BCUT2D eigenvalue weighted by atomic mass is 10.1. The lowest BCUT2D eigenvalue weighted by molar-refractivity contribution is 0.169. The maximum atomic E-state index is 12.6. The maximum absolute atomic E-state index is 12.6.